The van der Waals surface area contributed by atoms with Crippen LogP contribution in [0.4, 0.5) is 5.82 Å². The standard InChI is InChI=1S/C17H23N3O/c1-12-6-7-20(10-12)11-14-8-13-4-5-15(21-3)9-16(13)19-17(14)18-2/h4-5,8-9,12H,6-7,10-11H2,1-3H3,(H,18,19). The highest BCUT2D eigenvalue weighted by molar-refractivity contribution is 5.83. The number of hydrogen-bond donors (Lipinski definition) is 1. The number of hydrogen-bond acceptors (Lipinski definition) is 4. The molecule has 4 heteroatoms. The van der Waals surface area contributed by atoms with E-state index in [0.717, 1.165) is 34.9 Å². The van der Waals surface area contributed by atoms with Crippen molar-refractivity contribution in [2.24, 2.45) is 5.92 Å². The van der Waals surface area contributed by atoms with Gasteiger partial charge in [-0.2, -0.15) is 0 Å². The van der Waals surface area contributed by atoms with E-state index in [1.54, 1.807) is 7.11 Å². The van der Waals surface area contributed by atoms with Gasteiger partial charge in [0.2, 0.25) is 0 Å². The van der Waals surface area contributed by atoms with E-state index in [9.17, 15) is 0 Å². The molecule has 0 amide bonds. The number of anilines is 1. The number of rotatable bonds is 4. The predicted octanol–water partition coefficient (Wildman–Crippen LogP) is 3.13. The van der Waals surface area contributed by atoms with Crippen LogP contribution in [0.25, 0.3) is 10.9 Å². The molecule has 0 spiro atoms. The van der Waals surface area contributed by atoms with Crippen LogP contribution in [0, 0.1) is 5.92 Å². The molecule has 1 fully saturated rings. The average molecular weight is 285 g/mol. The number of ether oxygens (including phenoxy) is 1. The van der Waals surface area contributed by atoms with E-state index in [-0.39, 0.29) is 0 Å². The molecule has 21 heavy (non-hydrogen) atoms. The zero-order valence-electron chi connectivity index (χ0n) is 13.0. The van der Waals surface area contributed by atoms with Crippen molar-refractivity contribution in [3.05, 3.63) is 29.8 Å². The maximum atomic E-state index is 5.28. The van der Waals surface area contributed by atoms with Crippen LogP contribution in [-0.2, 0) is 6.54 Å². The highest BCUT2D eigenvalue weighted by Gasteiger charge is 2.20. The third kappa shape index (κ3) is 2.95. The van der Waals surface area contributed by atoms with Gasteiger partial charge in [0.1, 0.15) is 11.6 Å². The first-order valence-electron chi connectivity index (χ1n) is 7.57. The highest BCUT2D eigenvalue weighted by Crippen LogP contribution is 2.26. The summed E-state index contributed by atoms with van der Waals surface area (Å²) in [5.74, 6) is 2.62. The summed E-state index contributed by atoms with van der Waals surface area (Å²) < 4.78 is 5.28. The first-order valence-corrected chi connectivity index (χ1v) is 7.57. The molecule has 0 bridgehead atoms. The number of aromatic nitrogens is 1. The van der Waals surface area contributed by atoms with Crippen molar-refractivity contribution in [3.63, 3.8) is 0 Å². The first kappa shape index (κ1) is 14.1. The quantitative estimate of drug-likeness (QED) is 0.936. The Labute approximate surface area is 126 Å². The number of fused-ring (bicyclic) bond motifs is 1. The van der Waals surface area contributed by atoms with Gasteiger partial charge in [-0.25, -0.2) is 4.98 Å². The van der Waals surface area contributed by atoms with E-state index >= 15 is 0 Å². The molecule has 4 nitrogen and oxygen atoms in total. The van der Waals surface area contributed by atoms with E-state index in [1.165, 1.54) is 25.1 Å². The maximum absolute atomic E-state index is 5.28. The Kier molecular flexibility index (Phi) is 3.97. The van der Waals surface area contributed by atoms with Gasteiger partial charge in [0, 0.05) is 37.2 Å². The molecule has 3 rings (SSSR count). The minimum absolute atomic E-state index is 0.806. The maximum Gasteiger partial charge on any atom is 0.130 e. The number of likely N-dealkylation sites (tertiary alicyclic amines) is 1. The minimum Gasteiger partial charge on any atom is -0.497 e. The Hall–Kier alpha value is -1.81. The molecule has 1 saturated heterocycles. The van der Waals surface area contributed by atoms with Crippen LogP contribution in [0.15, 0.2) is 24.3 Å². The lowest BCUT2D eigenvalue weighted by Gasteiger charge is -2.18. The van der Waals surface area contributed by atoms with Crippen molar-refractivity contribution in [2.75, 3.05) is 32.6 Å². The minimum atomic E-state index is 0.806. The van der Waals surface area contributed by atoms with E-state index in [4.69, 9.17) is 9.72 Å². The summed E-state index contributed by atoms with van der Waals surface area (Å²) in [5, 5.41) is 4.40. The van der Waals surface area contributed by atoms with Crippen LogP contribution >= 0.6 is 0 Å². The lowest BCUT2D eigenvalue weighted by atomic mass is 10.1. The summed E-state index contributed by atoms with van der Waals surface area (Å²) in [6.07, 6.45) is 1.30. The molecule has 2 aromatic rings. The summed E-state index contributed by atoms with van der Waals surface area (Å²) >= 11 is 0. The Morgan fingerprint density at radius 1 is 1.38 bits per heavy atom. The van der Waals surface area contributed by atoms with Gasteiger partial charge in [0.05, 0.1) is 12.6 Å². The zero-order chi connectivity index (χ0) is 14.8. The summed E-state index contributed by atoms with van der Waals surface area (Å²) in [6, 6.07) is 8.30. The second-order valence-electron chi connectivity index (χ2n) is 5.93. The fourth-order valence-corrected chi connectivity index (χ4v) is 3.07. The molecule has 1 aliphatic rings. The Bertz CT molecular complexity index is 641. The third-order valence-corrected chi connectivity index (χ3v) is 4.24. The van der Waals surface area contributed by atoms with Crippen molar-refractivity contribution in [2.45, 2.75) is 19.9 Å². The normalized spacial score (nSPS) is 19.1. The molecule has 1 N–H and O–H groups in total. The Balaban J connectivity index is 1.93. The molecule has 1 aliphatic heterocycles. The van der Waals surface area contributed by atoms with E-state index in [2.05, 4.69) is 29.3 Å². The van der Waals surface area contributed by atoms with Crippen LogP contribution in [0.2, 0.25) is 0 Å². The fraction of sp³-hybridized carbons (Fsp3) is 0.471. The van der Waals surface area contributed by atoms with E-state index in [0.29, 0.717) is 0 Å². The lowest BCUT2D eigenvalue weighted by Crippen LogP contribution is -2.20. The summed E-state index contributed by atoms with van der Waals surface area (Å²) in [7, 11) is 3.62. The smallest absolute Gasteiger partial charge is 0.130 e. The van der Waals surface area contributed by atoms with Crippen molar-refractivity contribution in [1.29, 1.82) is 0 Å². The number of nitrogens with zero attached hydrogens (tertiary/aromatic N) is 2. The largest absolute Gasteiger partial charge is 0.497 e. The zero-order valence-corrected chi connectivity index (χ0v) is 13.0. The van der Waals surface area contributed by atoms with Crippen molar-refractivity contribution < 1.29 is 4.74 Å². The number of methoxy groups -OCH3 is 1. The lowest BCUT2D eigenvalue weighted by molar-refractivity contribution is 0.320. The summed E-state index contributed by atoms with van der Waals surface area (Å²) in [6.45, 7) is 5.66. The molecule has 1 aromatic carbocycles. The van der Waals surface area contributed by atoms with Crippen molar-refractivity contribution >= 4 is 16.7 Å². The van der Waals surface area contributed by atoms with Gasteiger partial charge in [0.25, 0.3) is 0 Å². The van der Waals surface area contributed by atoms with Crippen molar-refractivity contribution in [1.82, 2.24) is 9.88 Å². The molecule has 1 unspecified atom stereocenters. The van der Waals surface area contributed by atoms with Crippen LogP contribution in [0.1, 0.15) is 18.9 Å². The topological polar surface area (TPSA) is 37.4 Å². The Morgan fingerprint density at radius 2 is 2.24 bits per heavy atom. The van der Waals surface area contributed by atoms with E-state index in [1.807, 2.05) is 19.2 Å². The van der Waals surface area contributed by atoms with Gasteiger partial charge in [0.15, 0.2) is 0 Å². The fourth-order valence-electron chi connectivity index (χ4n) is 3.07. The van der Waals surface area contributed by atoms with Crippen molar-refractivity contribution in [3.8, 4) is 5.75 Å². The molecule has 112 valence electrons. The molecular weight excluding hydrogens is 262 g/mol. The van der Waals surface area contributed by atoms with Gasteiger partial charge in [-0.3, -0.25) is 4.90 Å². The molecule has 0 radical (unpaired) electrons. The molecule has 1 atom stereocenters. The SMILES string of the molecule is CNc1nc2cc(OC)ccc2cc1CN1CCC(C)C1. The predicted molar refractivity (Wildman–Crippen MR) is 86.9 cm³/mol. The van der Waals surface area contributed by atoms with E-state index < -0.39 is 0 Å². The van der Waals surface area contributed by atoms with Gasteiger partial charge in [-0.15, -0.1) is 0 Å². The highest BCUT2D eigenvalue weighted by atomic mass is 16.5. The number of benzene rings is 1. The molecule has 1 aromatic heterocycles. The molecular formula is C17H23N3O. The second-order valence-corrected chi connectivity index (χ2v) is 5.93. The van der Waals surface area contributed by atoms with Gasteiger partial charge >= 0.3 is 0 Å². The Morgan fingerprint density at radius 3 is 2.90 bits per heavy atom. The van der Waals surface area contributed by atoms with Crippen LogP contribution in [0.5, 0.6) is 5.75 Å². The van der Waals surface area contributed by atoms with Crippen LogP contribution < -0.4 is 10.1 Å². The second kappa shape index (κ2) is 5.90. The first-order chi connectivity index (χ1) is 10.2. The molecule has 0 saturated carbocycles. The number of nitrogens with one attached hydrogen (secondary N) is 1. The third-order valence-electron chi connectivity index (χ3n) is 4.24. The molecule has 2 heterocycles. The van der Waals surface area contributed by atoms with Crippen LogP contribution in [-0.4, -0.2) is 37.1 Å². The summed E-state index contributed by atoms with van der Waals surface area (Å²) in [5.41, 5.74) is 2.24. The average Bonchev–Trinajstić information content (AvgIpc) is 2.91. The van der Waals surface area contributed by atoms with Gasteiger partial charge in [-0.05, 0) is 37.1 Å². The summed E-state index contributed by atoms with van der Waals surface area (Å²) in [4.78, 5) is 7.26. The number of pyridine rings is 1. The van der Waals surface area contributed by atoms with Crippen LogP contribution in [0.3, 0.4) is 0 Å². The van der Waals surface area contributed by atoms with Gasteiger partial charge < -0.3 is 10.1 Å². The monoisotopic (exact) mass is 285 g/mol. The molecule has 0 aliphatic carbocycles. The van der Waals surface area contributed by atoms with Gasteiger partial charge in [-0.1, -0.05) is 6.92 Å².